The van der Waals surface area contributed by atoms with Crippen LogP contribution < -0.4 is 9.62 Å². The lowest BCUT2D eigenvalue weighted by atomic mass is 10.1. The number of hydrogen-bond acceptors (Lipinski definition) is 4. The summed E-state index contributed by atoms with van der Waals surface area (Å²) in [6, 6.07) is 12.9. The summed E-state index contributed by atoms with van der Waals surface area (Å²) in [4.78, 5) is 27.5. The van der Waals surface area contributed by atoms with Crippen LogP contribution in [0.2, 0.25) is 5.02 Å². The third-order valence-corrected chi connectivity index (χ3v) is 6.35. The van der Waals surface area contributed by atoms with Crippen LogP contribution in [0.5, 0.6) is 0 Å². The molecule has 2 rings (SSSR count). The van der Waals surface area contributed by atoms with Crippen molar-refractivity contribution in [1.82, 2.24) is 10.2 Å². The number of anilines is 1. The van der Waals surface area contributed by atoms with Crippen LogP contribution in [-0.4, -0.2) is 50.0 Å². The first-order valence-electron chi connectivity index (χ1n) is 10.3. The van der Waals surface area contributed by atoms with Crippen molar-refractivity contribution < 1.29 is 18.0 Å². The largest absolute Gasteiger partial charge is 0.352 e. The molecular weight excluding hydrogens is 450 g/mol. The topological polar surface area (TPSA) is 86.8 Å². The van der Waals surface area contributed by atoms with E-state index in [9.17, 15) is 18.0 Å². The fraction of sp³-hybridized carbons (Fsp3) is 0.391. The first-order valence-corrected chi connectivity index (χ1v) is 12.5. The summed E-state index contributed by atoms with van der Waals surface area (Å²) in [5.41, 5.74) is 2.12. The maximum Gasteiger partial charge on any atom is 0.244 e. The van der Waals surface area contributed by atoms with E-state index in [1.165, 1.54) is 11.0 Å². The van der Waals surface area contributed by atoms with Gasteiger partial charge in [-0.2, -0.15) is 0 Å². The number of hydrogen-bond donors (Lipinski definition) is 1. The predicted molar refractivity (Wildman–Crippen MR) is 128 cm³/mol. The van der Waals surface area contributed by atoms with Gasteiger partial charge in [-0.05, 0) is 57.0 Å². The molecule has 9 heteroatoms. The highest BCUT2D eigenvalue weighted by Gasteiger charge is 2.30. The van der Waals surface area contributed by atoms with Gasteiger partial charge in [0, 0.05) is 17.6 Å². The molecule has 0 spiro atoms. The Labute approximate surface area is 195 Å². The van der Waals surface area contributed by atoms with Crippen LogP contribution in [-0.2, 0) is 26.2 Å². The quantitative estimate of drug-likeness (QED) is 0.597. The molecule has 0 saturated carbocycles. The minimum absolute atomic E-state index is 0.0978. The van der Waals surface area contributed by atoms with E-state index in [1.807, 2.05) is 45.0 Å². The molecular formula is C23H30ClN3O4S. The first-order chi connectivity index (χ1) is 14.9. The minimum atomic E-state index is -3.78. The van der Waals surface area contributed by atoms with Gasteiger partial charge in [-0.15, -0.1) is 0 Å². The lowest BCUT2D eigenvalue weighted by molar-refractivity contribution is -0.139. The maximum absolute atomic E-state index is 13.4. The number of nitrogens with zero attached hydrogens (tertiary/aromatic N) is 2. The molecule has 0 fully saturated rings. The second kappa shape index (κ2) is 10.8. The number of amides is 2. The van der Waals surface area contributed by atoms with E-state index in [-0.39, 0.29) is 24.2 Å². The monoisotopic (exact) mass is 479 g/mol. The van der Waals surface area contributed by atoms with Crippen molar-refractivity contribution in [3.63, 3.8) is 0 Å². The van der Waals surface area contributed by atoms with E-state index in [0.717, 1.165) is 21.7 Å². The molecule has 0 radical (unpaired) electrons. The van der Waals surface area contributed by atoms with Gasteiger partial charge in [-0.3, -0.25) is 13.9 Å². The lowest BCUT2D eigenvalue weighted by Crippen LogP contribution is -2.52. The number of rotatable bonds is 9. The van der Waals surface area contributed by atoms with Crippen LogP contribution in [0.3, 0.4) is 0 Å². The van der Waals surface area contributed by atoms with Gasteiger partial charge >= 0.3 is 0 Å². The Kier molecular flexibility index (Phi) is 8.69. The van der Waals surface area contributed by atoms with Crippen molar-refractivity contribution in [2.45, 2.75) is 46.3 Å². The summed E-state index contributed by atoms with van der Waals surface area (Å²) < 4.78 is 26.0. The summed E-state index contributed by atoms with van der Waals surface area (Å²) in [6.45, 7) is 6.95. The molecule has 2 aromatic carbocycles. The molecule has 174 valence electrons. The number of carbonyl (C=O) groups is 2. The zero-order valence-electron chi connectivity index (χ0n) is 19.0. The highest BCUT2D eigenvalue weighted by molar-refractivity contribution is 7.92. The molecule has 2 amide bonds. The molecule has 32 heavy (non-hydrogen) atoms. The zero-order valence-corrected chi connectivity index (χ0v) is 20.6. The van der Waals surface area contributed by atoms with Gasteiger partial charge in [0.1, 0.15) is 12.6 Å². The summed E-state index contributed by atoms with van der Waals surface area (Å²) >= 11 is 6.03. The molecule has 0 bridgehead atoms. The van der Waals surface area contributed by atoms with Crippen LogP contribution in [0.15, 0.2) is 48.5 Å². The van der Waals surface area contributed by atoms with Gasteiger partial charge in [-0.1, -0.05) is 41.9 Å². The molecule has 0 aromatic heterocycles. The third kappa shape index (κ3) is 6.97. The normalized spacial score (nSPS) is 12.3. The number of aryl methyl sites for hydroxylation is 1. The van der Waals surface area contributed by atoms with E-state index in [2.05, 4.69) is 5.32 Å². The molecule has 0 aliphatic carbocycles. The van der Waals surface area contributed by atoms with Crippen LogP contribution in [0, 0.1) is 6.92 Å². The predicted octanol–water partition coefficient (Wildman–Crippen LogP) is 3.36. The van der Waals surface area contributed by atoms with E-state index in [1.54, 1.807) is 25.1 Å². The second-order valence-corrected chi connectivity index (χ2v) is 10.4. The summed E-state index contributed by atoms with van der Waals surface area (Å²) in [5.74, 6) is -0.805. The number of nitrogens with one attached hydrogen (secondary N) is 1. The molecule has 0 heterocycles. The van der Waals surface area contributed by atoms with Gasteiger partial charge in [0.25, 0.3) is 0 Å². The van der Waals surface area contributed by atoms with E-state index in [0.29, 0.717) is 5.02 Å². The molecule has 0 aliphatic rings. The second-order valence-electron chi connectivity index (χ2n) is 8.04. The Balaban J connectivity index is 2.40. The SMILES string of the molecule is Cc1ccccc1CN(C(=O)CN(c1cccc(Cl)c1)S(C)(=O)=O)C(C)C(=O)NC(C)C. The van der Waals surface area contributed by atoms with Crippen molar-refractivity contribution in [3.8, 4) is 0 Å². The Hall–Kier alpha value is -2.58. The summed E-state index contributed by atoms with van der Waals surface area (Å²) in [5, 5.41) is 3.17. The van der Waals surface area contributed by atoms with Crippen molar-refractivity contribution in [1.29, 1.82) is 0 Å². The minimum Gasteiger partial charge on any atom is -0.352 e. The lowest BCUT2D eigenvalue weighted by Gasteiger charge is -2.32. The Bertz CT molecular complexity index is 1070. The number of halogens is 1. The highest BCUT2D eigenvalue weighted by atomic mass is 35.5. The fourth-order valence-electron chi connectivity index (χ4n) is 3.20. The fourth-order valence-corrected chi connectivity index (χ4v) is 4.23. The Morgan fingerprint density at radius 3 is 2.28 bits per heavy atom. The summed E-state index contributed by atoms with van der Waals surface area (Å²) in [7, 11) is -3.78. The highest BCUT2D eigenvalue weighted by Crippen LogP contribution is 2.23. The zero-order chi connectivity index (χ0) is 24.1. The summed E-state index contributed by atoms with van der Waals surface area (Å²) in [6.07, 6.45) is 1.03. The number of sulfonamides is 1. The molecule has 7 nitrogen and oxygen atoms in total. The molecule has 2 aromatic rings. The van der Waals surface area contributed by atoms with Crippen molar-refractivity contribution in [2.75, 3.05) is 17.1 Å². The van der Waals surface area contributed by atoms with E-state index < -0.39 is 28.5 Å². The molecule has 1 atom stereocenters. The molecule has 1 N–H and O–H groups in total. The average molecular weight is 480 g/mol. The van der Waals surface area contributed by atoms with E-state index in [4.69, 9.17) is 11.6 Å². The molecule has 1 unspecified atom stereocenters. The average Bonchev–Trinajstić information content (AvgIpc) is 2.69. The van der Waals surface area contributed by atoms with Crippen molar-refractivity contribution in [3.05, 3.63) is 64.7 Å². The molecule has 0 aliphatic heterocycles. The van der Waals surface area contributed by atoms with Crippen LogP contribution in [0.25, 0.3) is 0 Å². The van der Waals surface area contributed by atoms with E-state index >= 15 is 0 Å². The first kappa shape index (κ1) is 25.7. The van der Waals surface area contributed by atoms with Crippen molar-refractivity contribution >= 4 is 39.1 Å². The van der Waals surface area contributed by atoms with Crippen molar-refractivity contribution in [2.24, 2.45) is 0 Å². The van der Waals surface area contributed by atoms with Crippen LogP contribution >= 0.6 is 11.6 Å². The Morgan fingerprint density at radius 1 is 1.06 bits per heavy atom. The Morgan fingerprint density at radius 2 is 1.72 bits per heavy atom. The van der Waals surface area contributed by atoms with Gasteiger partial charge in [0.15, 0.2) is 0 Å². The van der Waals surface area contributed by atoms with Gasteiger partial charge in [0.05, 0.1) is 11.9 Å². The third-order valence-electron chi connectivity index (χ3n) is 4.98. The maximum atomic E-state index is 13.4. The van der Waals surface area contributed by atoms with Gasteiger partial charge < -0.3 is 10.2 Å². The van der Waals surface area contributed by atoms with Gasteiger partial charge in [-0.25, -0.2) is 8.42 Å². The number of carbonyl (C=O) groups excluding carboxylic acids is 2. The standard InChI is InChI=1S/C23H30ClN3O4S/c1-16(2)25-23(29)18(4)26(14-19-10-7-6-9-17(19)3)22(28)15-27(32(5,30)31)21-12-8-11-20(24)13-21/h6-13,16,18H,14-15H2,1-5H3,(H,25,29). The van der Waals surface area contributed by atoms with Crippen LogP contribution in [0.4, 0.5) is 5.69 Å². The number of benzene rings is 2. The van der Waals surface area contributed by atoms with Gasteiger partial charge in [0.2, 0.25) is 21.8 Å². The van der Waals surface area contributed by atoms with Crippen LogP contribution in [0.1, 0.15) is 31.9 Å². The smallest absolute Gasteiger partial charge is 0.244 e. The molecule has 0 saturated heterocycles.